The minimum absolute atomic E-state index is 0.0848. The number of para-hydroxylation sites is 1. The Morgan fingerprint density at radius 1 is 1.21 bits per heavy atom. The molecule has 4 aromatic rings. The molecule has 0 saturated carbocycles. The summed E-state index contributed by atoms with van der Waals surface area (Å²) in [6.45, 7) is 2.93. The number of thiazole rings is 1. The van der Waals surface area contributed by atoms with Crippen LogP contribution < -0.4 is 19.7 Å². The Labute approximate surface area is 168 Å². The molecule has 0 fully saturated rings. The predicted octanol–water partition coefficient (Wildman–Crippen LogP) is 3.69. The molecule has 0 bridgehead atoms. The van der Waals surface area contributed by atoms with Gasteiger partial charge in [0.05, 0.1) is 15.6 Å². The van der Waals surface area contributed by atoms with Gasteiger partial charge in [-0.15, -0.1) is 0 Å². The smallest absolute Gasteiger partial charge is 0.286 e. The number of aromatic nitrogens is 1. The molecule has 1 amide bonds. The summed E-state index contributed by atoms with van der Waals surface area (Å²) in [5.74, 6) is 0.726. The molecule has 0 radical (unpaired) electrons. The van der Waals surface area contributed by atoms with Crippen molar-refractivity contribution in [2.24, 2.45) is 4.99 Å². The van der Waals surface area contributed by atoms with E-state index in [-0.39, 0.29) is 17.8 Å². The third-order valence-corrected chi connectivity index (χ3v) is 5.77. The fourth-order valence-electron chi connectivity index (χ4n) is 3.36. The van der Waals surface area contributed by atoms with Gasteiger partial charge in [-0.25, -0.2) is 0 Å². The minimum Gasteiger partial charge on any atom is -0.463 e. The van der Waals surface area contributed by atoms with Crippen molar-refractivity contribution in [1.82, 2.24) is 4.57 Å². The molecule has 0 saturated heterocycles. The largest absolute Gasteiger partial charge is 0.463 e. The van der Waals surface area contributed by atoms with E-state index < -0.39 is 5.91 Å². The maximum atomic E-state index is 12.8. The molecule has 0 unspecified atom stereocenters. The highest BCUT2D eigenvalue weighted by Gasteiger charge is 2.19. The van der Waals surface area contributed by atoms with Gasteiger partial charge in [0.2, 0.25) is 12.2 Å². The van der Waals surface area contributed by atoms with Gasteiger partial charge in [-0.05, 0) is 18.6 Å². The van der Waals surface area contributed by atoms with E-state index in [4.69, 9.17) is 13.9 Å². The zero-order valence-corrected chi connectivity index (χ0v) is 16.3. The van der Waals surface area contributed by atoms with E-state index in [0.717, 1.165) is 16.6 Å². The molecule has 29 heavy (non-hydrogen) atoms. The molecule has 0 atom stereocenters. The Hall–Kier alpha value is -3.39. The number of fused-ring (bicyclic) bond motifs is 3. The number of hydrogen-bond acceptors (Lipinski definition) is 6. The van der Waals surface area contributed by atoms with Crippen LogP contribution in [0.4, 0.5) is 0 Å². The van der Waals surface area contributed by atoms with Crippen molar-refractivity contribution in [3.63, 3.8) is 0 Å². The van der Waals surface area contributed by atoms with E-state index in [1.54, 1.807) is 24.3 Å². The molecule has 2 aromatic carbocycles. The fraction of sp³-hybridized carbons (Fsp3) is 0.190. The van der Waals surface area contributed by atoms with Gasteiger partial charge in [-0.2, -0.15) is 4.99 Å². The summed E-state index contributed by atoms with van der Waals surface area (Å²) < 4.78 is 19.3. The molecule has 8 heteroatoms. The third kappa shape index (κ3) is 2.92. The standard InChI is InChI=1S/C21H16N2O5S/c1-2-7-23-14-8-16-17(28-11-27-16)9-18(14)29-21(23)22-20(25)13-10-26-15-6-4-3-5-12(15)19(13)24/h3-6,8-10H,2,7,11H2,1H3. The van der Waals surface area contributed by atoms with E-state index in [0.29, 0.717) is 33.8 Å². The average Bonchev–Trinajstić information content (AvgIpc) is 3.31. The van der Waals surface area contributed by atoms with Crippen molar-refractivity contribution in [3.05, 3.63) is 63.2 Å². The van der Waals surface area contributed by atoms with Crippen molar-refractivity contribution in [3.8, 4) is 11.5 Å². The summed E-state index contributed by atoms with van der Waals surface area (Å²) in [6.07, 6.45) is 2.05. The fourth-order valence-corrected chi connectivity index (χ4v) is 4.42. The van der Waals surface area contributed by atoms with Crippen LogP contribution in [-0.4, -0.2) is 17.3 Å². The lowest BCUT2D eigenvalue weighted by Crippen LogP contribution is -2.20. The first-order valence-corrected chi connectivity index (χ1v) is 10.00. The number of carbonyl (C=O) groups excluding carboxylic acids is 1. The lowest BCUT2D eigenvalue weighted by atomic mass is 10.2. The number of hydrogen-bond donors (Lipinski definition) is 0. The maximum Gasteiger partial charge on any atom is 0.286 e. The molecule has 0 spiro atoms. The highest BCUT2D eigenvalue weighted by molar-refractivity contribution is 7.16. The van der Waals surface area contributed by atoms with Crippen molar-refractivity contribution < 1.29 is 18.7 Å². The van der Waals surface area contributed by atoms with E-state index in [1.165, 1.54) is 17.6 Å². The third-order valence-electron chi connectivity index (χ3n) is 4.73. The lowest BCUT2D eigenvalue weighted by Gasteiger charge is -2.03. The van der Waals surface area contributed by atoms with E-state index in [2.05, 4.69) is 4.99 Å². The number of benzene rings is 2. The predicted molar refractivity (Wildman–Crippen MR) is 109 cm³/mol. The Bertz CT molecular complexity index is 1400. The van der Waals surface area contributed by atoms with Gasteiger partial charge in [0.25, 0.3) is 5.91 Å². The summed E-state index contributed by atoms with van der Waals surface area (Å²) in [7, 11) is 0. The van der Waals surface area contributed by atoms with Gasteiger partial charge in [0.15, 0.2) is 16.3 Å². The van der Waals surface area contributed by atoms with Crippen LogP contribution in [0.25, 0.3) is 21.2 Å². The van der Waals surface area contributed by atoms with Gasteiger partial charge in [-0.1, -0.05) is 30.4 Å². The zero-order chi connectivity index (χ0) is 20.0. The lowest BCUT2D eigenvalue weighted by molar-refractivity contribution is 0.0995. The Balaban J connectivity index is 1.67. The normalized spacial score (nSPS) is 13.5. The minimum atomic E-state index is -0.624. The van der Waals surface area contributed by atoms with E-state index in [1.807, 2.05) is 23.6 Å². The molecule has 0 N–H and O–H groups in total. The first kappa shape index (κ1) is 17.7. The van der Waals surface area contributed by atoms with Crippen LogP contribution in [0.2, 0.25) is 0 Å². The number of ether oxygens (including phenoxy) is 2. The van der Waals surface area contributed by atoms with Crippen LogP contribution in [0, 0.1) is 0 Å². The van der Waals surface area contributed by atoms with Crippen LogP contribution in [0.3, 0.4) is 0 Å². The Morgan fingerprint density at radius 2 is 2.00 bits per heavy atom. The van der Waals surface area contributed by atoms with E-state index in [9.17, 15) is 9.59 Å². The zero-order valence-electron chi connectivity index (χ0n) is 15.5. The number of carbonyl (C=O) groups is 1. The second kappa shape index (κ2) is 6.89. The van der Waals surface area contributed by atoms with Crippen LogP contribution in [0.15, 0.2) is 56.9 Å². The highest BCUT2D eigenvalue weighted by Crippen LogP contribution is 2.37. The van der Waals surface area contributed by atoms with Crippen LogP contribution in [0.1, 0.15) is 23.7 Å². The summed E-state index contributed by atoms with van der Waals surface area (Å²) in [5.41, 5.74) is 0.882. The average molecular weight is 408 g/mol. The summed E-state index contributed by atoms with van der Waals surface area (Å²) in [4.78, 5) is 30.3. The Kier molecular flexibility index (Phi) is 4.21. The topological polar surface area (TPSA) is 83.0 Å². The molecular formula is C21H16N2O5S. The van der Waals surface area contributed by atoms with Gasteiger partial charge < -0.3 is 18.5 Å². The molecule has 1 aliphatic rings. The number of rotatable bonds is 3. The second-order valence-electron chi connectivity index (χ2n) is 6.60. The van der Waals surface area contributed by atoms with Crippen molar-refractivity contribution in [2.75, 3.05) is 6.79 Å². The van der Waals surface area contributed by atoms with Gasteiger partial charge in [-0.3, -0.25) is 9.59 Å². The number of amides is 1. The van der Waals surface area contributed by atoms with Gasteiger partial charge in [0.1, 0.15) is 17.4 Å². The van der Waals surface area contributed by atoms with Gasteiger partial charge in [0, 0.05) is 18.7 Å². The highest BCUT2D eigenvalue weighted by atomic mass is 32.1. The van der Waals surface area contributed by atoms with Crippen molar-refractivity contribution >= 4 is 38.4 Å². The number of aryl methyl sites for hydroxylation is 1. The first-order valence-electron chi connectivity index (χ1n) is 9.18. The molecule has 7 nitrogen and oxygen atoms in total. The number of nitrogens with zero attached hydrogens (tertiary/aromatic N) is 2. The molecule has 3 heterocycles. The summed E-state index contributed by atoms with van der Waals surface area (Å²) >= 11 is 1.37. The van der Waals surface area contributed by atoms with Crippen LogP contribution >= 0.6 is 11.3 Å². The maximum absolute atomic E-state index is 12.8. The Morgan fingerprint density at radius 3 is 2.83 bits per heavy atom. The first-order chi connectivity index (χ1) is 14.2. The quantitative estimate of drug-likeness (QED) is 0.516. The molecule has 2 aromatic heterocycles. The monoisotopic (exact) mass is 408 g/mol. The second-order valence-corrected chi connectivity index (χ2v) is 7.61. The molecule has 1 aliphatic heterocycles. The summed E-state index contributed by atoms with van der Waals surface area (Å²) in [5, 5.41) is 0.358. The summed E-state index contributed by atoms with van der Waals surface area (Å²) in [6, 6.07) is 10.6. The molecule has 0 aliphatic carbocycles. The molecule has 5 rings (SSSR count). The SMILES string of the molecule is CCCn1c(=NC(=O)c2coc3ccccc3c2=O)sc2cc3c(cc21)OCO3. The molecular weight excluding hydrogens is 392 g/mol. The van der Waals surface area contributed by atoms with E-state index >= 15 is 0 Å². The molecule has 146 valence electrons. The van der Waals surface area contributed by atoms with Crippen molar-refractivity contribution in [2.45, 2.75) is 19.9 Å². The van der Waals surface area contributed by atoms with Gasteiger partial charge >= 0.3 is 0 Å². The van der Waals surface area contributed by atoms with Crippen LogP contribution in [-0.2, 0) is 6.54 Å². The van der Waals surface area contributed by atoms with Crippen molar-refractivity contribution in [1.29, 1.82) is 0 Å². The van der Waals surface area contributed by atoms with Crippen LogP contribution in [0.5, 0.6) is 11.5 Å².